The number of para-hydroxylation sites is 1. The Bertz CT molecular complexity index is 917. The van der Waals surface area contributed by atoms with Crippen LogP contribution in [-0.2, 0) is 0 Å². The number of hydrogen-bond acceptors (Lipinski definition) is 2. The van der Waals surface area contributed by atoms with E-state index in [1.54, 1.807) is 6.20 Å². The fourth-order valence-electron chi connectivity index (χ4n) is 4.01. The van der Waals surface area contributed by atoms with Crippen molar-refractivity contribution >= 4 is 5.91 Å². The number of rotatable bonds is 3. The summed E-state index contributed by atoms with van der Waals surface area (Å²) in [6.07, 6.45) is 3.84. The quantitative estimate of drug-likeness (QED) is 0.674. The summed E-state index contributed by atoms with van der Waals surface area (Å²) in [7, 11) is 0. The maximum absolute atomic E-state index is 13.4. The zero-order valence-corrected chi connectivity index (χ0v) is 15.9. The molecule has 1 saturated heterocycles. The normalized spacial score (nSPS) is 19.9. The van der Waals surface area contributed by atoms with E-state index in [2.05, 4.69) is 18.9 Å². The van der Waals surface area contributed by atoms with Crippen molar-refractivity contribution < 1.29 is 4.79 Å². The molecule has 1 aliphatic rings. The summed E-state index contributed by atoms with van der Waals surface area (Å²) >= 11 is 0. The summed E-state index contributed by atoms with van der Waals surface area (Å²) in [5, 5.41) is 4.59. The number of nitrogens with zero attached hydrogens (tertiary/aromatic N) is 3. The lowest BCUT2D eigenvalue weighted by Gasteiger charge is -2.36. The molecule has 2 atom stereocenters. The number of aromatic nitrogens is 2. The van der Waals surface area contributed by atoms with Crippen LogP contribution in [0.1, 0.15) is 37.0 Å². The van der Waals surface area contributed by atoms with Crippen LogP contribution < -0.4 is 0 Å². The molecule has 1 aliphatic heterocycles. The van der Waals surface area contributed by atoms with Crippen LogP contribution in [0.4, 0.5) is 0 Å². The van der Waals surface area contributed by atoms with Crippen LogP contribution in [0.3, 0.4) is 0 Å². The second-order valence-corrected chi connectivity index (χ2v) is 7.50. The van der Waals surface area contributed by atoms with Gasteiger partial charge in [-0.3, -0.25) is 4.79 Å². The Morgan fingerprint density at radius 3 is 2.33 bits per heavy atom. The molecule has 1 aromatic heterocycles. The summed E-state index contributed by atoms with van der Waals surface area (Å²) < 4.78 is 1.87. The Labute approximate surface area is 160 Å². The molecule has 0 radical (unpaired) electrons. The number of piperidine rings is 1. The van der Waals surface area contributed by atoms with Gasteiger partial charge in [0.15, 0.2) is 0 Å². The highest BCUT2D eigenvalue weighted by molar-refractivity contribution is 6.00. The van der Waals surface area contributed by atoms with Gasteiger partial charge in [-0.2, -0.15) is 5.10 Å². The second kappa shape index (κ2) is 7.39. The molecule has 0 spiro atoms. The summed E-state index contributed by atoms with van der Waals surface area (Å²) in [4.78, 5) is 15.4. The van der Waals surface area contributed by atoms with E-state index in [4.69, 9.17) is 0 Å². The van der Waals surface area contributed by atoms with Crippen LogP contribution in [-0.4, -0.2) is 33.2 Å². The molecule has 3 aromatic rings. The monoisotopic (exact) mass is 359 g/mol. The van der Waals surface area contributed by atoms with E-state index >= 15 is 0 Å². The van der Waals surface area contributed by atoms with Crippen LogP contribution in [0, 0.1) is 5.92 Å². The van der Waals surface area contributed by atoms with E-state index in [0.717, 1.165) is 36.3 Å². The largest absolute Gasteiger partial charge is 0.336 e. The third-order valence-electron chi connectivity index (χ3n) is 5.45. The Kier molecular flexibility index (Phi) is 4.80. The van der Waals surface area contributed by atoms with Gasteiger partial charge in [-0.1, -0.05) is 55.5 Å². The molecule has 4 heteroatoms. The van der Waals surface area contributed by atoms with Crippen molar-refractivity contribution in [1.29, 1.82) is 0 Å². The minimum absolute atomic E-state index is 0.0791. The van der Waals surface area contributed by atoms with Crippen molar-refractivity contribution in [3.63, 3.8) is 0 Å². The Morgan fingerprint density at radius 1 is 1.00 bits per heavy atom. The first kappa shape index (κ1) is 17.5. The minimum Gasteiger partial charge on any atom is -0.336 e. The van der Waals surface area contributed by atoms with Crippen LogP contribution in [0.25, 0.3) is 16.9 Å². The van der Waals surface area contributed by atoms with Gasteiger partial charge < -0.3 is 4.90 Å². The Morgan fingerprint density at radius 2 is 1.67 bits per heavy atom. The van der Waals surface area contributed by atoms with Crippen LogP contribution in [0.5, 0.6) is 0 Å². The second-order valence-electron chi connectivity index (χ2n) is 7.50. The standard InChI is InChI=1S/C23H25N3O/c1-17-13-14-25(18(2)15-17)23(27)21-16-24-26(20-11-7-4-8-12-20)22(21)19-9-5-3-6-10-19/h3-12,16-18H,13-15H2,1-2H3/t17-,18-/m0/s1. The van der Waals surface area contributed by atoms with Gasteiger partial charge in [0.1, 0.15) is 0 Å². The smallest absolute Gasteiger partial charge is 0.257 e. The number of carbonyl (C=O) groups excluding carboxylic acids is 1. The predicted molar refractivity (Wildman–Crippen MR) is 108 cm³/mol. The molecule has 4 nitrogen and oxygen atoms in total. The van der Waals surface area contributed by atoms with Crippen molar-refractivity contribution in [2.75, 3.05) is 6.54 Å². The summed E-state index contributed by atoms with van der Waals surface area (Å²) in [5.74, 6) is 0.750. The minimum atomic E-state index is 0.0791. The molecule has 27 heavy (non-hydrogen) atoms. The van der Waals surface area contributed by atoms with Gasteiger partial charge >= 0.3 is 0 Å². The van der Waals surface area contributed by atoms with Gasteiger partial charge in [0, 0.05) is 18.2 Å². The zero-order chi connectivity index (χ0) is 18.8. The molecule has 0 N–H and O–H groups in total. The average Bonchev–Trinajstić information content (AvgIpc) is 3.14. The van der Waals surface area contributed by atoms with Crippen molar-refractivity contribution in [2.45, 2.75) is 32.7 Å². The molecule has 1 fully saturated rings. The van der Waals surface area contributed by atoms with E-state index in [-0.39, 0.29) is 11.9 Å². The lowest BCUT2D eigenvalue weighted by molar-refractivity contribution is 0.0589. The summed E-state index contributed by atoms with van der Waals surface area (Å²) in [5.41, 5.74) is 3.49. The molecule has 4 rings (SSSR count). The van der Waals surface area contributed by atoms with Crippen molar-refractivity contribution in [2.24, 2.45) is 5.92 Å². The van der Waals surface area contributed by atoms with Crippen molar-refractivity contribution in [3.8, 4) is 16.9 Å². The molecule has 0 bridgehead atoms. The van der Waals surface area contributed by atoms with Gasteiger partial charge in [0.25, 0.3) is 5.91 Å². The van der Waals surface area contributed by atoms with Crippen molar-refractivity contribution in [1.82, 2.24) is 14.7 Å². The fourth-order valence-corrected chi connectivity index (χ4v) is 4.01. The molecular weight excluding hydrogens is 334 g/mol. The first-order chi connectivity index (χ1) is 13.1. The SMILES string of the molecule is C[C@H]1CCN(C(=O)c2cnn(-c3ccccc3)c2-c2ccccc2)[C@@H](C)C1. The molecule has 138 valence electrons. The third-order valence-corrected chi connectivity index (χ3v) is 5.45. The topological polar surface area (TPSA) is 38.1 Å². The first-order valence-corrected chi connectivity index (χ1v) is 9.65. The van der Waals surface area contributed by atoms with Crippen molar-refractivity contribution in [3.05, 3.63) is 72.4 Å². The molecule has 0 aliphatic carbocycles. The molecule has 1 amide bonds. The third kappa shape index (κ3) is 3.39. The zero-order valence-electron chi connectivity index (χ0n) is 15.9. The predicted octanol–water partition coefficient (Wildman–Crippen LogP) is 4.80. The summed E-state index contributed by atoms with van der Waals surface area (Å²) in [6, 6.07) is 20.3. The highest BCUT2D eigenvalue weighted by Gasteiger charge is 2.30. The number of benzene rings is 2. The molecule has 2 heterocycles. The van der Waals surface area contributed by atoms with E-state index in [9.17, 15) is 4.79 Å². The van der Waals surface area contributed by atoms with E-state index in [0.29, 0.717) is 11.5 Å². The lowest BCUT2D eigenvalue weighted by atomic mass is 9.92. The fraction of sp³-hybridized carbons (Fsp3) is 0.304. The number of amides is 1. The molecular formula is C23H25N3O. The number of carbonyl (C=O) groups is 1. The number of likely N-dealkylation sites (tertiary alicyclic amines) is 1. The van der Waals surface area contributed by atoms with E-state index in [1.807, 2.05) is 70.2 Å². The highest BCUT2D eigenvalue weighted by atomic mass is 16.2. The lowest BCUT2D eigenvalue weighted by Crippen LogP contribution is -2.44. The molecule has 0 saturated carbocycles. The van der Waals surface area contributed by atoms with Crippen LogP contribution in [0.2, 0.25) is 0 Å². The summed E-state index contributed by atoms with van der Waals surface area (Å²) in [6.45, 7) is 5.23. The number of hydrogen-bond donors (Lipinski definition) is 0. The van der Waals surface area contributed by atoms with Gasteiger partial charge in [-0.15, -0.1) is 0 Å². The van der Waals surface area contributed by atoms with E-state index < -0.39 is 0 Å². The van der Waals surface area contributed by atoms with Gasteiger partial charge in [-0.05, 0) is 37.8 Å². The van der Waals surface area contributed by atoms with Gasteiger partial charge in [0.05, 0.1) is 23.1 Å². The maximum Gasteiger partial charge on any atom is 0.257 e. The first-order valence-electron chi connectivity index (χ1n) is 9.65. The average molecular weight is 359 g/mol. The molecule has 2 aromatic carbocycles. The highest BCUT2D eigenvalue weighted by Crippen LogP contribution is 2.30. The maximum atomic E-state index is 13.4. The van der Waals surface area contributed by atoms with Gasteiger partial charge in [0.2, 0.25) is 0 Å². The molecule has 0 unspecified atom stereocenters. The van der Waals surface area contributed by atoms with E-state index in [1.165, 1.54) is 0 Å². The van der Waals surface area contributed by atoms with Crippen LogP contribution >= 0.6 is 0 Å². The Hall–Kier alpha value is -2.88. The van der Waals surface area contributed by atoms with Gasteiger partial charge in [-0.25, -0.2) is 4.68 Å². The van der Waals surface area contributed by atoms with Crippen LogP contribution in [0.15, 0.2) is 66.9 Å². The Balaban J connectivity index is 1.79.